The first kappa shape index (κ1) is 11.3. The van der Waals surface area contributed by atoms with E-state index in [1.807, 2.05) is 0 Å². The highest BCUT2D eigenvalue weighted by atomic mass is 15.2. The van der Waals surface area contributed by atoms with Crippen molar-refractivity contribution in [3.05, 3.63) is 65.7 Å². The Balaban J connectivity index is 1.68. The number of nitrogens with zero attached hydrogens (tertiary/aromatic N) is 1. The second-order valence-electron chi connectivity index (χ2n) is 4.89. The molecule has 1 aliphatic heterocycles. The first-order valence-corrected chi connectivity index (χ1v) is 6.46. The third-order valence-corrected chi connectivity index (χ3v) is 3.66. The highest BCUT2D eigenvalue weighted by Crippen LogP contribution is 2.31. The van der Waals surface area contributed by atoms with Crippen LogP contribution in [0.5, 0.6) is 0 Å². The van der Waals surface area contributed by atoms with Crippen molar-refractivity contribution in [3.8, 4) is 0 Å². The highest BCUT2D eigenvalue weighted by molar-refractivity contribution is 5.52. The molecule has 2 heteroatoms. The van der Waals surface area contributed by atoms with E-state index < -0.39 is 0 Å². The van der Waals surface area contributed by atoms with Crippen LogP contribution in [0.3, 0.4) is 0 Å². The summed E-state index contributed by atoms with van der Waals surface area (Å²) in [6.07, 6.45) is 0. The van der Waals surface area contributed by atoms with E-state index in [-0.39, 0.29) is 0 Å². The molecule has 2 aromatic carbocycles. The van der Waals surface area contributed by atoms with Gasteiger partial charge in [-0.3, -0.25) is 0 Å². The summed E-state index contributed by atoms with van der Waals surface area (Å²) in [5.74, 6) is 0.674. The summed E-state index contributed by atoms with van der Waals surface area (Å²) in [7, 11) is 0. The summed E-state index contributed by atoms with van der Waals surface area (Å²) in [4.78, 5) is 2.41. The fourth-order valence-corrected chi connectivity index (χ4v) is 2.51. The highest BCUT2D eigenvalue weighted by Gasteiger charge is 2.27. The van der Waals surface area contributed by atoms with Gasteiger partial charge in [-0.2, -0.15) is 0 Å². The Morgan fingerprint density at radius 3 is 2.50 bits per heavy atom. The lowest BCUT2D eigenvalue weighted by Gasteiger charge is -2.41. The molecular formula is C16H18N2. The van der Waals surface area contributed by atoms with Crippen molar-refractivity contribution >= 4 is 5.69 Å². The summed E-state index contributed by atoms with van der Waals surface area (Å²) >= 11 is 0. The first-order chi connectivity index (χ1) is 8.86. The van der Waals surface area contributed by atoms with Crippen molar-refractivity contribution in [2.75, 3.05) is 18.0 Å². The van der Waals surface area contributed by atoms with Crippen molar-refractivity contribution in [1.29, 1.82) is 0 Å². The Bertz CT molecular complexity index is 516. The van der Waals surface area contributed by atoms with Gasteiger partial charge in [0.1, 0.15) is 0 Å². The molecule has 1 heterocycles. The van der Waals surface area contributed by atoms with Gasteiger partial charge >= 0.3 is 0 Å². The van der Waals surface area contributed by atoms with Crippen molar-refractivity contribution < 1.29 is 0 Å². The van der Waals surface area contributed by atoms with E-state index in [1.165, 1.54) is 16.8 Å². The van der Waals surface area contributed by atoms with Gasteiger partial charge < -0.3 is 10.6 Å². The lowest BCUT2D eigenvalue weighted by Crippen LogP contribution is -2.45. The Labute approximate surface area is 108 Å². The van der Waals surface area contributed by atoms with E-state index in [1.54, 1.807) is 0 Å². The van der Waals surface area contributed by atoms with Crippen molar-refractivity contribution in [2.45, 2.75) is 12.5 Å². The Kier molecular flexibility index (Phi) is 3.03. The van der Waals surface area contributed by atoms with Crippen molar-refractivity contribution in [2.24, 2.45) is 5.73 Å². The topological polar surface area (TPSA) is 29.3 Å². The number of benzene rings is 2. The normalized spacial score (nSPS) is 15.5. The van der Waals surface area contributed by atoms with Crippen LogP contribution in [0, 0.1) is 0 Å². The second kappa shape index (κ2) is 4.83. The summed E-state index contributed by atoms with van der Waals surface area (Å²) in [6.45, 7) is 2.83. The number of rotatable bonds is 3. The minimum Gasteiger partial charge on any atom is -0.370 e. The van der Waals surface area contributed by atoms with E-state index in [4.69, 9.17) is 5.73 Å². The van der Waals surface area contributed by atoms with Crippen LogP contribution in [0.1, 0.15) is 17.0 Å². The molecule has 1 aliphatic rings. The van der Waals surface area contributed by atoms with Crippen LogP contribution in [0.2, 0.25) is 0 Å². The molecule has 0 unspecified atom stereocenters. The molecule has 0 atom stereocenters. The third-order valence-electron chi connectivity index (χ3n) is 3.66. The van der Waals surface area contributed by atoms with Crippen LogP contribution in [-0.4, -0.2) is 13.1 Å². The zero-order valence-corrected chi connectivity index (χ0v) is 10.4. The molecule has 0 aliphatic carbocycles. The maximum atomic E-state index is 5.68. The molecule has 1 fully saturated rings. The quantitative estimate of drug-likeness (QED) is 0.891. The van der Waals surface area contributed by atoms with Crippen LogP contribution < -0.4 is 10.6 Å². The number of anilines is 1. The zero-order chi connectivity index (χ0) is 12.4. The van der Waals surface area contributed by atoms with Crippen LogP contribution in [0.4, 0.5) is 5.69 Å². The first-order valence-electron chi connectivity index (χ1n) is 6.46. The Hall–Kier alpha value is -1.80. The molecule has 0 amide bonds. The standard InChI is InChI=1S/C16H18N2/c17-10-13-5-4-8-16(9-13)18-11-15(12-18)14-6-2-1-3-7-14/h1-9,15H,10-12,17H2. The average Bonchev–Trinajstić information content (AvgIpc) is 2.39. The van der Waals surface area contributed by atoms with E-state index in [2.05, 4.69) is 59.5 Å². The predicted octanol–water partition coefficient (Wildman–Crippen LogP) is 2.75. The monoisotopic (exact) mass is 238 g/mol. The summed E-state index contributed by atoms with van der Waals surface area (Å²) in [6, 6.07) is 19.3. The second-order valence-corrected chi connectivity index (χ2v) is 4.89. The molecular weight excluding hydrogens is 220 g/mol. The van der Waals surface area contributed by atoms with Crippen LogP contribution >= 0.6 is 0 Å². The molecule has 2 N–H and O–H groups in total. The number of hydrogen-bond donors (Lipinski definition) is 1. The fraction of sp³-hybridized carbons (Fsp3) is 0.250. The van der Waals surface area contributed by atoms with Gasteiger partial charge in [-0.25, -0.2) is 0 Å². The van der Waals surface area contributed by atoms with Gasteiger partial charge in [0.25, 0.3) is 0 Å². The van der Waals surface area contributed by atoms with Gasteiger partial charge in [0.05, 0.1) is 0 Å². The molecule has 0 spiro atoms. The van der Waals surface area contributed by atoms with Gasteiger partial charge in [0, 0.05) is 31.2 Å². The van der Waals surface area contributed by atoms with Gasteiger partial charge in [-0.05, 0) is 23.3 Å². The number of nitrogens with two attached hydrogens (primary N) is 1. The molecule has 18 heavy (non-hydrogen) atoms. The smallest absolute Gasteiger partial charge is 0.0369 e. The van der Waals surface area contributed by atoms with Gasteiger partial charge in [0.2, 0.25) is 0 Å². The molecule has 3 rings (SSSR count). The third kappa shape index (κ3) is 2.12. The van der Waals surface area contributed by atoms with Crippen LogP contribution in [0.15, 0.2) is 54.6 Å². The molecule has 1 saturated heterocycles. The molecule has 0 saturated carbocycles. The molecule has 2 nitrogen and oxygen atoms in total. The van der Waals surface area contributed by atoms with Crippen LogP contribution in [-0.2, 0) is 6.54 Å². The lowest BCUT2D eigenvalue weighted by atomic mass is 9.91. The molecule has 2 aromatic rings. The minimum atomic E-state index is 0.615. The minimum absolute atomic E-state index is 0.615. The largest absolute Gasteiger partial charge is 0.370 e. The fourth-order valence-electron chi connectivity index (χ4n) is 2.51. The maximum absolute atomic E-state index is 5.68. The van der Waals surface area contributed by atoms with Crippen molar-refractivity contribution in [3.63, 3.8) is 0 Å². The SMILES string of the molecule is NCc1cccc(N2CC(c3ccccc3)C2)c1. The Morgan fingerprint density at radius 1 is 1.00 bits per heavy atom. The van der Waals surface area contributed by atoms with E-state index in [9.17, 15) is 0 Å². The maximum Gasteiger partial charge on any atom is 0.0369 e. The van der Waals surface area contributed by atoms with E-state index >= 15 is 0 Å². The van der Waals surface area contributed by atoms with Gasteiger partial charge in [0.15, 0.2) is 0 Å². The molecule has 92 valence electrons. The molecule has 0 aromatic heterocycles. The van der Waals surface area contributed by atoms with Crippen molar-refractivity contribution in [1.82, 2.24) is 0 Å². The van der Waals surface area contributed by atoms with E-state index in [0.717, 1.165) is 13.1 Å². The molecule has 0 radical (unpaired) electrons. The summed E-state index contributed by atoms with van der Waals surface area (Å²) in [5.41, 5.74) is 9.63. The van der Waals surface area contributed by atoms with E-state index in [0.29, 0.717) is 12.5 Å². The van der Waals surface area contributed by atoms with Crippen LogP contribution in [0.25, 0.3) is 0 Å². The van der Waals surface area contributed by atoms with Gasteiger partial charge in [-0.15, -0.1) is 0 Å². The van der Waals surface area contributed by atoms with Gasteiger partial charge in [-0.1, -0.05) is 42.5 Å². The number of hydrogen-bond acceptors (Lipinski definition) is 2. The molecule has 0 bridgehead atoms. The summed E-state index contributed by atoms with van der Waals surface area (Å²) < 4.78 is 0. The zero-order valence-electron chi connectivity index (χ0n) is 10.4. The summed E-state index contributed by atoms with van der Waals surface area (Å²) in [5, 5.41) is 0. The Morgan fingerprint density at radius 2 is 1.78 bits per heavy atom. The average molecular weight is 238 g/mol. The predicted molar refractivity (Wildman–Crippen MR) is 75.7 cm³/mol. The lowest BCUT2D eigenvalue weighted by molar-refractivity contribution is 0.525.